The van der Waals surface area contributed by atoms with E-state index >= 15 is 0 Å². The summed E-state index contributed by atoms with van der Waals surface area (Å²) in [6.45, 7) is 0. The van der Waals surface area contributed by atoms with Gasteiger partial charge in [0.2, 0.25) is 0 Å². The fourth-order valence-electron chi connectivity index (χ4n) is 2.77. The van der Waals surface area contributed by atoms with Crippen LogP contribution in [-0.4, -0.2) is 23.1 Å². The molecule has 1 saturated carbocycles. The fourth-order valence-corrected chi connectivity index (χ4v) is 2.77. The summed E-state index contributed by atoms with van der Waals surface area (Å²) in [6, 6.07) is 7.86. The Morgan fingerprint density at radius 2 is 1.74 bits per heavy atom. The zero-order chi connectivity index (χ0) is 19.8. The van der Waals surface area contributed by atoms with Gasteiger partial charge in [0.15, 0.2) is 0 Å². The van der Waals surface area contributed by atoms with E-state index in [1.54, 1.807) is 12.1 Å². The number of nitrogens with one attached hydrogen (secondary N) is 2. The Morgan fingerprint density at radius 3 is 2.33 bits per heavy atom. The highest BCUT2D eigenvalue weighted by Crippen LogP contribution is 2.41. The molecule has 0 heterocycles. The van der Waals surface area contributed by atoms with Crippen LogP contribution in [0, 0.1) is 5.82 Å². The van der Waals surface area contributed by atoms with Crippen LogP contribution < -0.4 is 10.6 Å². The Morgan fingerprint density at radius 1 is 1.07 bits per heavy atom. The van der Waals surface area contributed by atoms with Crippen molar-refractivity contribution in [1.29, 1.82) is 0 Å². The summed E-state index contributed by atoms with van der Waals surface area (Å²) < 4.78 is 51.9. The highest BCUT2D eigenvalue weighted by atomic mass is 19.4. The van der Waals surface area contributed by atoms with Crippen LogP contribution in [0.4, 0.5) is 28.0 Å². The molecule has 9 heteroatoms. The summed E-state index contributed by atoms with van der Waals surface area (Å²) in [4.78, 5) is 22.7. The van der Waals surface area contributed by atoms with Crippen molar-refractivity contribution >= 4 is 17.7 Å². The number of hydrogen-bond donors (Lipinski definition) is 3. The van der Waals surface area contributed by atoms with Crippen LogP contribution in [-0.2, 0) is 6.18 Å². The van der Waals surface area contributed by atoms with Crippen LogP contribution in [0.1, 0.15) is 33.8 Å². The van der Waals surface area contributed by atoms with E-state index in [4.69, 9.17) is 5.11 Å². The van der Waals surface area contributed by atoms with Crippen molar-refractivity contribution in [1.82, 2.24) is 5.32 Å². The number of carbonyl (C=O) groups excluding carboxylic acids is 1. The summed E-state index contributed by atoms with van der Waals surface area (Å²) in [5, 5.41) is 13.4. The molecule has 0 saturated heterocycles. The van der Waals surface area contributed by atoms with Crippen molar-refractivity contribution in [3.05, 3.63) is 65.0 Å². The molecule has 1 aliphatic rings. The highest BCUT2D eigenvalue weighted by Gasteiger charge is 2.39. The number of halogens is 4. The predicted molar refractivity (Wildman–Crippen MR) is 88.1 cm³/mol. The predicted octanol–water partition coefficient (Wildman–Crippen LogP) is 4.22. The monoisotopic (exact) mass is 382 g/mol. The smallest absolute Gasteiger partial charge is 0.416 e. The molecule has 27 heavy (non-hydrogen) atoms. The summed E-state index contributed by atoms with van der Waals surface area (Å²) in [6.07, 6.45) is -5.13. The van der Waals surface area contributed by atoms with Crippen LogP contribution >= 0.6 is 0 Å². The molecule has 0 bridgehead atoms. The molecule has 0 radical (unpaired) electrons. The van der Waals surface area contributed by atoms with Crippen molar-refractivity contribution in [2.75, 3.05) is 5.32 Å². The summed E-state index contributed by atoms with van der Waals surface area (Å²) in [5.41, 5.74) is -0.683. The van der Waals surface area contributed by atoms with Gasteiger partial charge in [-0.3, -0.25) is 4.79 Å². The third-order valence-corrected chi connectivity index (χ3v) is 4.23. The van der Waals surface area contributed by atoms with Gasteiger partial charge in [0.25, 0.3) is 5.91 Å². The lowest BCUT2D eigenvalue weighted by atomic mass is 10.1. The second-order valence-electron chi connectivity index (χ2n) is 6.17. The maximum absolute atomic E-state index is 13.8. The molecule has 0 unspecified atom stereocenters. The number of anilines is 1. The van der Waals surface area contributed by atoms with Crippen molar-refractivity contribution < 1.29 is 32.3 Å². The molecule has 3 N–H and O–H groups in total. The maximum atomic E-state index is 13.8. The van der Waals surface area contributed by atoms with E-state index < -0.39 is 35.1 Å². The van der Waals surface area contributed by atoms with Gasteiger partial charge in [-0.25, -0.2) is 9.18 Å². The van der Waals surface area contributed by atoms with E-state index in [1.807, 2.05) is 0 Å². The normalized spacial score (nSPS) is 18.7. The first kappa shape index (κ1) is 18.7. The second kappa shape index (κ2) is 6.90. The molecule has 2 amide bonds. The minimum absolute atomic E-state index is 0.0340. The Hall–Kier alpha value is -3.10. The lowest BCUT2D eigenvalue weighted by Crippen LogP contribution is -2.24. The lowest BCUT2D eigenvalue weighted by molar-refractivity contribution is -0.137. The van der Waals surface area contributed by atoms with E-state index in [9.17, 15) is 27.2 Å². The molecule has 0 aromatic heterocycles. The van der Waals surface area contributed by atoms with E-state index in [0.717, 1.165) is 5.56 Å². The van der Waals surface area contributed by atoms with Gasteiger partial charge < -0.3 is 15.7 Å². The minimum atomic E-state index is -4.69. The molecule has 3 rings (SSSR count). The van der Waals surface area contributed by atoms with Crippen molar-refractivity contribution in [2.24, 2.45) is 0 Å². The third kappa shape index (κ3) is 4.36. The number of benzene rings is 2. The summed E-state index contributed by atoms with van der Waals surface area (Å²) in [5.74, 6) is -2.02. The lowest BCUT2D eigenvalue weighted by Gasteiger charge is -2.11. The first-order valence-corrected chi connectivity index (χ1v) is 7.92. The van der Waals surface area contributed by atoms with Gasteiger partial charge in [0.05, 0.1) is 11.1 Å². The second-order valence-corrected chi connectivity index (χ2v) is 6.17. The van der Waals surface area contributed by atoms with Gasteiger partial charge in [-0.1, -0.05) is 12.1 Å². The maximum Gasteiger partial charge on any atom is 0.416 e. The van der Waals surface area contributed by atoms with E-state index in [0.29, 0.717) is 24.6 Å². The summed E-state index contributed by atoms with van der Waals surface area (Å²) >= 11 is 0. The molecular weight excluding hydrogens is 368 g/mol. The molecule has 2 aromatic rings. The first-order chi connectivity index (χ1) is 12.6. The van der Waals surface area contributed by atoms with Crippen LogP contribution in [0.2, 0.25) is 0 Å². The molecule has 142 valence electrons. The number of rotatable bonds is 4. The first-order valence-electron chi connectivity index (χ1n) is 7.92. The van der Waals surface area contributed by atoms with Crippen LogP contribution in [0.15, 0.2) is 42.5 Å². The Bertz CT molecular complexity index is 881. The molecule has 0 aliphatic heterocycles. The molecule has 2 aromatic carbocycles. The Balaban J connectivity index is 1.69. The van der Waals surface area contributed by atoms with Crippen molar-refractivity contribution in [3.63, 3.8) is 0 Å². The van der Waals surface area contributed by atoms with Gasteiger partial charge in [0, 0.05) is 17.6 Å². The van der Waals surface area contributed by atoms with Crippen molar-refractivity contribution in [3.8, 4) is 0 Å². The standard InChI is InChI=1S/C18H14F4N2O3/c19-14-6-3-10(18(20,21)22)7-13(14)16(25)23-11-4-1-9(2-5-11)12-8-15(12)24-17(26)27/h1-7,12,15,24H,8H2,(H,23,25)(H,26,27)/t12-,15+/m0/s1. The number of carboxylic acid groups (broad SMARTS) is 1. The Labute approximate surface area is 151 Å². The third-order valence-electron chi connectivity index (χ3n) is 4.23. The molecule has 2 atom stereocenters. The van der Waals surface area contributed by atoms with Gasteiger partial charge in [-0.2, -0.15) is 13.2 Å². The van der Waals surface area contributed by atoms with Crippen LogP contribution in [0.5, 0.6) is 0 Å². The van der Waals surface area contributed by atoms with Crippen molar-refractivity contribution in [2.45, 2.75) is 24.6 Å². The molecule has 1 aliphatic carbocycles. The average molecular weight is 382 g/mol. The summed E-state index contributed by atoms with van der Waals surface area (Å²) in [7, 11) is 0. The molecule has 0 spiro atoms. The van der Waals surface area contributed by atoms with E-state index in [2.05, 4.69) is 10.6 Å². The quantitative estimate of drug-likeness (QED) is 0.693. The SMILES string of the molecule is O=C(O)N[C@@H]1C[C@H]1c1ccc(NC(=O)c2cc(C(F)(F)F)ccc2F)cc1. The molecule has 1 fully saturated rings. The molecular formula is C18H14F4N2O3. The zero-order valence-electron chi connectivity index (χ0n) is 13.7. The Kier molecular flexibility index (Phi) is 4.77. The minimum Gasteiger partial charge on any atom is -0.465 e. The molecule has 5 nitrogen and oxygen atoms in total. The average Bonchev–Trinajstić information content (AvgIpc) is 3.33. The topological polar surface area (TPSA) is 78.4 Å². The van der Waals surface area contributed by atoms with Gasteiger partial charge in [0.1, 0.15) is 5.82 Å². The fraction of sp³-hybridized carbons (Fsp3) is 0.222. The number of carbonyl (C=O) groups is 2. The highest BCUT2D eigenvalue weighted by molar-refractivity contribution is 6.04. The van der Waals surface area contributed by atoms with E-state index in [1.165, 1.54) is 12.1 Å². The number of amides is 2. The van der Waals surface area contributed by atoms with E-state index in [-0.39, 0.29) is 17.6 Å². The van der Waals surface area contributed by atoms with Gasteiger partial charge >= 0.3 is 12.3 Å². The number of alkyl halides is 3. The van der Waals surface area contributed by atoms with Crippen LogP contribution in [0.3, 0.4) is 0 Å². The van der Waals surface area contributed by atoms with Crippen LogP contribution in [0.25, 0.3) is 0 Å². The zero-order valence-corrected chi connectivity index (χ0v) is 13.7. The number of hydrogen-bond acceptors (Lipinski definition) is 2. The van der Waals surface area contributed by atoms with Gasteiger partial charge in [-0.15, -0.1) is 0 Å². The largest absolute Gasteiger partial charge is 0.465 e. The van der Waals surface area contributed by atoms with Gasteiger partial charge in [-0.05, 0) is 42.3 Å².